The molecule has 4 heteroatoms. The van der Waals surface area contributed by atoms with E-state index in [1.165, 1.54) is 4.90 Å². The van der Waals surface area contributed by atoms with Crippen LogP contribution in [0.25, 0.3) is 0 Å². The van der Waals surface area contributed by atoms with Crippen molar-refractivity contribution in [2.24, 2.45) is 0 Å². The maximum atomic E-state index is 11.6. The van der Waals surface area contributed by atoms with E-state index < -0.39 is 0 Å². The number of nitriles is 2. The standard InChI is InChI=1S/C11H9N3O/c1-14(7-6-12)11(15)10-4-2-9(8-13)3-5-10/h2-5H,7H2,1H3. The van der Waals surface area contributed by atoms with Gasteiger partial charge in [-0.1, -0.05) is 0 Å². The lowest BCUT2D eigenvalue weighted by Crippen LogP contribution is -2.26. The molecule has 0 heterocycles. The smallest absolute Gasteiger partial charge is 0.254 e. The molecule has 1 rings (SSSR count). The van der Waals surface area contributed by atoms with E-state index in [4.69, 9.17) is 10.5 Å². The van der Waals surface area contributed by atoms with Gasteiger partial charge in [0, 0.05) is 12.6 Å². The van der Waals surface area contributed by atoms with Gasteiger partial charge in [-0.2, -0.15) is 10.5 Å². The summed E-state index contributed by atoms with van der Waals surface area (Å²) < 4.78 is 0. The fourth-order valence-corrected chi connectivity index (χ4v) is 1.09. The van der Waals surface area contributed by atoms with E-state index >= 15 is 0 Å². The van der Waals surface area contributed by atoms with Gasteiger partial charge in [0.05, 0.1) is 17.7 Å². The topological polar surface area (TPSA) is 67.9 Å². The summed E-state index contributed by atoms with van der Waals surface area (Å²) >= 11 is 0. The van der Waals surface area contributed by atoms with Crippen molar-refractivity contribution in [1.29, 1.82) is 10.5 Å². The van der Waals surface area contributed by atoms with Crippen molar-refractivity contribution in [2.75, 3.05) is 13.6 Å². The first kappa shape index (κ1) is 10.7. The number of benzene rings is 1. The van der Waals surface area contributed by atoms with Crippen molar-refractivity contribution in [3.63, 3.8) is 0 Å². The molecule has 0 aliphatic rings. The average molecular weight is 199 g/mol. The molecule has 0 saturated carbocycles. The molecule has 0 N–H and O–H groups in total. The van der Waals surface area contributed by atoms with Gasteiger partial charge in [-0.25, -0.2) is 0 Å². The monoisotopic (exact) mass is 199 g/mol. The van der Waals surface area contributed by atoms with E-state index in [2.05, 4.69) is 0 Å². The summed E-state index contributed by atoms with van der Waals surface area (Å²) in [5, 5.41) is 17.0. The van der Waals surface area contributed by atoms with Crippen LogP contribution in [0.3, 0.4) is 0 Å². The summed E-state index contributed by atoms with van der Waals surface area (Å²) in [6.45, 7) is 0.0544. The molecule has 0 atom stereocenters. The van der Waals surface area contributed by atoms with E-state index in [0.29, 0.717) is 11.1 Å². The Morgan fingerprint density at radius 2 is 1.93 bits per heavy atom. The van der Waals surface area contributed by atoms with Crippen LogP contribution >= 0.6 is 0 Å². The second kappa shape index (κ2) is 4.78. The van der Waals surface area contributed by atoms with Crippen molar-refractivity contribution < 1.29 is 4.79 Å². The Morgan fingerprint density at radius 3 is 2.40 bits per heavy atom. The minimum Gasteiger partial charge on any atom is -0.328 e. The number of amides is 1. The molecule has 0 aromatic heterocycles. The molecule has 15 heavy (non-hydrogen) atoms. The molecule has 4 nitrogen and oxygen atoms in total. The van der Waals surface area contributed by atoms with Gasteiger partial charge in [-0.05, 0) is 24.3 Å². The molecule has 0 aliphatic carbocycles. The third-order valence-corrected chi connectivity index (χ3v) is 1.92. The summed E-state index contributed by atoms with van der Waals surface area (Å²) in [6, 6.07) is 10.2. The molecule has 1 amide bonds. The van der Waals surface area contributed by atoms with Crippen LogP contribution in [0.5, 0.6) is 0 Å². The molecule has 0 fully saturated rings. The summed E-state index contributed by atoms with van der Waals surface area (Å²) in [5.41, 5.74) is 0.987. The number of nitrogens with zero attached hydrogens (tertiary/aromatic N) is 3. The first-order chi connectivity index (χ1) is 7.19. The zero-order valence-electron chi connectivity index (χ0n) is 8.27. The van der Waals surface area contributed by atoms with Crippen LogP contribution in [0.1, 0.15) is 15.9 Å². The molecule has 74 valence electrons. The van der Waals surface area contributed by atoms with Gasteiger partial charge in [-0.3, -0.25) is 4.79 Å². The quantitative estimate of drug-likeness (QED) is 0.671. The highest BCUT2D eigenvalue weighted by molar-refractivity contribution is 5.94. The molecule has 1 aromatic rings. The second-order valence-electron chi connectivity index (χ2n) is 3.01. The van der Waals surface area contributed by atoms with Crippen LogP contribution in [0, 0.1) is 22.7 Å². The predicted octanol–water partition coefficient (Wildman–Crippen LogP) is 1.15. The van der Waals surface area contributed by atoms with E-state index in [1.54, 1.807) is 31.3 Å². The molecular weight excluding hydrogens is 190 g/mol. The number of hydrogen-bond acceptors (Lipinski definition) is 3. The van der Waals surface area contributed by atoms with Crippen LogP contribution in [0.15, 0.2) is 24.3 Å². The van der Waals surface area contributed by atoms with E-state index in [-0.39, 0.29) is 12.5 Å². The summed E-state index contributed by atoms with van der Waals surface area (Å²) in [4.78, 5) is 12.9. The number of rotatable bonds is 2. The van der Waals surface area contributed by atoms with E-state index in [9.17, 15) is 4.79 Å². The predicted molar refractivity (Wildman–Crippen MR) is 53.7 cm³/mol. The molecule has 0 saturated heterocycles. The van der Waals surface area contributed by atoms with Crippen LogP contribution < -0.4 is 0 Å². The van der Waals surface area contributed by atoms with Crippen molar-refractivity contribution in [3.8, 4) is 12.1 Å². The minimum absolute atomic E-state index is 0.0544. The van der Waals surface area contributed by atoms with Crippen LogP contribution in [-0.2, 0) is 0 Å². The zero-order valence-corrected chi connectivity index (χ0v) is 8.27. The van der Waals surface area contributed by atoms with Gasteiger partial charge in [0.2, 0.25) is 0 Å². The normalized spacial score (nSPS) is 8.73. The lowest BCUT2D eigenvalue weighted by Gasteiger charge is -2.12. The SMILES string of the molecule is CN(CC#N)C(=O)c1ccc(C#N)cc1. The molecule has 0 aliphatic heterocycles. The highest BCUT2D eigenvalue weighted by Gasteiger charge is 2.10. The van der Waals surface area contributed by atoms with Crippen molar-refractivity contribution in [3.05, 3.63) is 35.4 Å². The van der Waals surface area contributed by atoms with Crippen molar-refractivity contribution >= 4 is 5.91 Å². The van der Waals surface area contributed by atoms with Gasteiger partial charge in [0.15, 0.2) is 0 Å². The molecular formula is C11H9N3O. The Bertz CT molecular complexity index is 436. The van der Waals surface area contributed by atoms with E-state index in [0.717, 1.165) is 0 Å². The van der Waals surface area contributed by atoms with Crippen molar-refractivity contribution in [2.45, 2.75) is 0 Å². The lowest BCUT2D eigenvalue weighted by atomic mass is 10.1. The Morgan fingerprint density at radius 1 is 1.33 bits per heavy atom. The summed E-state index contributed by atoms with van der Waals surface area (Å²) in [7, 11) is 1.56. The lowest BCUT2D eigenvalue weighted by molar-refractivity contribution is 0.0812. The first-order valence-electron chi connectivity index (χ1n) is 4.31. The average Bonchev–Trinajstić information content (AvgIpc) is 2.28. The molecule has 0 unspecified atom stereocenters. The highest BCUT2D eigenvalue weighted by Crippen LogP contribution is 2.05. The third-order valence-electron chi connectivity index (χ3n) is 1.92. The second-order valence-corrected chi connectivity index (χ2v) is 3.01. The number of carbonyl (C=O) groups excluding carboxylic acids is 1. The largest absolute Gasteiger partial charge is 0.328 e. The highest BCUT2D eigenvalue weighted by atomic mass is 16.2. The van der Waals surface area contributed by atoms with E-state index in [1.807, 2.05) is 12.1 Å². The Labute approximate surface area is 88.0 Å². The van der Waals surface area contributed by atoms with Crippen LogP contribution in [-0.4, -0.2) is 24.4 Å². The van der Waals surface area contributed by atoms with Crippen molar-refractivity contribution in [1.82, 2.24) is 4.90 Å². The van der Waals surface area contributed by atoms with Crippen LogP contribution in [0.2, 0.25) is 0 Å². The molecule has 0 bridgehead atoms. The summed E-state index contributed by atoms with van der Waals surface area (Å²) in [5.74, 6) is -0.221. The maximum absolute atomic E-state index is 11.6. The fraction of sp³-hybridized carbons (Fsp3) is 0.182. The third kappa shape index (κ3) is 2.55. The first-order valence-corrected chi connectivity index (χ1v) is 4.31. The van der Waals surface area contributed by atoms with Gasteiger partial charge in [0.25, 0.3) is 5.91 Å². The zero-order chi connectivity index (χ0) is 11.3. The van der Waals surface area contributed by atoms with Gasteiger partial charge in [-0.15, -0.1) is 0 Å². The van der Waals surface area contributed by atoms with Gasteiger partial charge < -0.3 is 4.90 Å². The number of carbonyl (C=O) groups is 1. The van der Waals surface area contributed by atoms with Gasteiger partial charge in [0.1, 0.15) is 6.54 Å². The van der Waals surface area contributed by atoms with Gasteiger partial charge >= 0.3 is 0 Å². The maximum Gasteiger partial charge on any atom is 0.254 e. The molecule has 0 radical (unpaired) electrons. The Kier molecular flexibility index (Phi) is 3.43. The summed E-state index contributed by atoms with van der Waals surface area (Å²) in [6.07, 6.45) is 0. The molecule has 1 aromatic carbocycles. The van der Waals surface area contributed by atoms with Crippen LogP contribution in [0.4, 0.5) is 0 Å². The molecule has 0 spiro atoms. The fourth-order valence-electron chi connectivity index (χ4n) is 1.09. The Hall–Kier alpha value is -2.33. The number of hydrogen-bond donors (Lipinski definition) is 0. The minimum atomic E-state index is -0.221. The Balaban J connectivity index is 2.85.